The van der Waals surface area contributed by atoms with Crippen LogP contribution in [0.1, 0.15) is 12.5 Å². The number of aromatic nitrogens is 1. The number of H-pyrrole nitrogens is 1. The molecular formula is C28H34N6O2S. The number of allylic oxidation sites excluding steroid dienone is 1. The zero-order valence-corrected chi connectivity index (χ0v) is 22.6. The standard InChI is InChI=1S/C28H34N6O2S/c1-19-22(9-14-37-19)32-28(31-18-20-17-30-23-8-6-5-7-21(20)23)33(3)26-15-24(29-2)25(16-27(26)35-4)34-10-12-36-13-11-34/h5-9,14-17,19,29-30H,10-13,18H2,1-4H3/b31-28?,32-22-. The van der Waals surface area contributed by atoms with Gasteiger partial charge in [0.15, 0.2) is 0 Å². The molecule has 37 heavy (non-hydrogen) atoms. The number of morpholine rings is 1. The second kappa shape index (κ2) is 11.3. The number of para-hydroxylation sites is 1. The van der Waals surface area contributed by atoms with Crippen molar-refractivity contribution < 1.29 is 9.47 Å². The molecule has 2 N–H and O–H groups in total. The Morgan fingerprint density at radius 1 is 1.27 bits per heavy atom. The average molecular weight is 519 g/mol. The number of aromatic amines is 1. The fourth-order valence-corrected chi connectivity index (χ4v) is 5.39. The topological polar surface area (TPSA) is 77.5 Å². The van der Waals surface area contributed by atoms with Gasteiger partial charge in [0, 0.05) is 55.6 Å². The highest BCUT2D eigenvalue weighted by Gasteiger charge is 2.22. The predicted molar refractivity (Wildman–Crippen MR) is 157 cm³/mol. The normalized spacial score (nSPS) is 19.1. The number of fused-ring (bicyclic) bond motifs is 1. The van der Waals surface area contributed by atoms with Crippen LogP contribution in [0.4, 0.5) is 17.1 Å². The first kappa shape index (κ1) is 25.2. The van der Waals surface area contributed by atoms with Crippen LogP contribution in [0, 0.1) is 0 Å². The van der Waals surface area contributed by atoms with Gasteiger partial charge in [-0.25, -0.2) is 9.98 Å². The van der Waals surface area contributed by atoms with E-state index in [-0.39, 0.29) is 5.25 Å². The summed E-state index contributed by atoms with van der Waals surface area (Å²) in [5.41, 5.74) is 6.28. The van der Waals surface area contributed by atoms with Crippen LogP contribution in [0.3, 0.4) is 0 Å². The minimum atomic E-state index is 0.283. The average Bonchev–Trinajstić information content (AvgIpc) is 3.55. The highest BCUT2D eigenvalue weighted by atomic mass is 32.2. The molecule has 0 spiro atoms. The van der Waals surface area contributed by atoms with Crippen LogP contribution in [0.2, 0.25) is 0 Å². The van der Waals surface area contributed by atoms with Gasteiger partial charge in [-0.15, -0.1) is 11.8 Å². The Morgan fingerprint density at radius 2 is 2.08 bits per heavy atom. The number of hydrogen-bond donors (Lipinski definition) is 2. The lowest BCUT2D eigenvalue weighted by molar-refractivity contribution is 0.122. The Morgan fingerprint density at radius 3 is 2.81 bits per heavy atom. The van der Waals surface area contributed by atoms with Crippen LogP contribution in [-0.2, 0) is 11.3 Å². The third kappa shape index (κ3) is 5.33. The van der Waals surface area contributed by atoms with E-state index in [2.05, 4.69) is 63.9 Å². The van der Waals surface area contributed by atoms with Crippen LogP contribution in [0.5, 0.6) is 5.75 Å². The van der Waals surface area contributed by atoms with Gasteiger partial charge in [0.05, 0.1) is 49.6 Å². The van der Waals surface area contributed by atoms with E-state index >= 15 is 0 Å². The SMILES string of the molecule is CNc1cc(N(C)C(=NCc2c[nH]c3ccccc23)/N=C2/C=CSC2C)c(OC)cc1N1CCOCC1. The molecule has 1 atom stereocenters. The van der Waals surface area contributed by atoms with E-state index in [1.54, 1.807) is 18.9 Å². The van der Waals surface area contributed by atoms with E-state index in [4.69, 9.17) is 19.5 Å². The molecule has 2 aromatic carbocycles. The lowest BCUT2D eigenvalue weighted by Crippen LogP contribution is -2.36. The molecule has 1 fully saturated rings. The molecule has 0 aliphatic carbocycles. The van der Waals surface area contributed by atoms with E-state index in [1.165, 1.54) is 5.39 Å². The number of ether oxygens (including phenoxy) is 2. The van der Waals surface area contributed by atoms with Gasteiger partial charge in [0.1, 0.15) is 5.75 Å². The monoisotopic (exact) mass is 518 g/mol. The Labute approximate surface area is 222 Å². The number of methoxy groups -OCH3 is 1. The van der Waals surface area contributed by atoms with Gasteiger partial charge in [0.25, 0.3) is 0 Å². The maximum Gasteiger partial charge on any atom is 0.225 e. The summed E-state index contributed by atoms with van der Waals surface area (Å²) >= 11 is 1.76. The van der Waals surface area contributed by atoms with Crippen molar-refractivity contribution in [1.82, 2.24) is 4.98 Å². The number of thioether (sulfide) groups is 1. The second-order valence-electron chi connectivity index (χ2n) is 9.04. The van der Waals surface area contributed by atoms with Crippen LogP contribution >= 0.6 is 11.8 Å². The second-order valence-corrected chi connectivity index (χ2v) is 10.3. The summed E-state index contributed by atoms with van der Waals surface area (Å²) in [5.74, 6) is 1.41. The Bertz CT molecular complexity index is 1340. The van der Waals surface area contributed by atoms with Gasteiger partial charge in [-0.05, 0) is 36.1 Å². The highest BCUT2D eigenvalue weighted by Crippen LogP contribution is 2.39. The Balaban J connectivity index is 1.53. The van der Waals surface area contributed by atoms with Crippen molar-refractivity contribution in [2.24, 2.45) is 9.98 Å². The number of hydrogen-bond acceptors (Lipinski definition) is 6. The van der Waals surface area contributed by atoms with Crippen molar-refractivity contribution >= 4 is 51.4 Å². The van der Waals surface area contributed by atoms with Gasteiger partial charge in [-0.3, -0.25) is 0 Å². The molecule has 8 nitrogen and oxygen atoms in total. The van der Waals surface area contributed by atoms with E-state index in [0.717, 1.165) is 65.9 Å². The summed E-state index contributed by atoms with van der Waals surface area (Å²) in [6.07, 6.45) is 4.10. The van der Waals surface area contributed by atoms with Crippen LogP contribution in [0.25, 0.3) is 10.9 Å². The number of aliphatic imine (C=N–C) groups is 2. The first-order valence-corrected chi connectivity index (χ1v) is 13.5. The molecule has 1 unspecified atom stereocenters. The van der Waals surface area contributed by atoms with E-state index < -0.39 is 0 Å². The van der Waals surface area contributed by atoms with Gasteiger partial charge in [-0.2, -0.15) is 0 Å². The zero-order valence-electron chi connectivity index (χ0n) is 21.8. The Kier molecular flexibility index (Phi) is 7.71. The lowest BCUT2D eigenvalue weighted by atomic mass is 10.1. The van der Waals surface area contributed by atoms with Gasteiger partial charge in [0.2, 0.25) is 5.96 Å². The molecule has 0 amide bonds. The fraction of sp³-hybridized carbons (Fsp3) is 0.357. The largest absolute Gasteiger partial charge is 0.494 e. The van der Waals surface area contributed by atoms with E-state index in [1.807, 2.05) is 31.3 Å². The summed E-state index contributed by atoms with van der Waals surface area (Å²) in [6.45, 7) is 5.81. The molecule has 0 bridgehead atoms. The molecule has 3 heterocycles. The van der Waals surface area contributed by atoms with Crippen LogP contribution in [0.15, 0.2) is 64.1 Å². The van der Waals surface area contributed by atoms with E-state index in [0.29, 0.717) is 12.5 Å². The first-order chi connectivity index (χ1) is 18.1. The van der Waals surface area contributed by atoms with Crippen molar-refractivity contribution in [3.05, 3.63) is 59.6 Å². The maximum absolute atomic E-state index is 5.89. The molecule has 3 aromatic rings. The molecule has 2 aliphatic heterocycles. The summed E-state index contributed by atoms with van der Waals surface area (Å²) in [7, 11) is 5.66. The molecule has 0 radical (unpaired) electrons. The van der Waals surface area contributed by atoms with Crippen LogP contribution in [-0.4, -0.2) is 69.4 Å². The number of rotatable bonds is 6. The van der Waals surface area contributed by atoms with Crippen molar-refractivity contribution in [1.29, 1.82) is 0 Å². The number of anilines is 3. The van der Waals surface area contributed by atoms with Crippen molar-refractivity contribution in [2.45, 2.75) is 18.7 Å². The zero-order chi connectivity index (χ0) is 25.8. The molecule has 2 aliphatic rings. The smallest absolute Gasteiger partial charge is 0.225 e. The molecule has 1 aromatic heterocycles. The Hall–Kier alpha value is -3.43. The number of benzene rings is 2. The first-order valence-electron chi connectivity index (χ1n) is 12.5. The maximum atomic E-state index is 5.89. The minimum Gasteiger partial charge on any atom is -0.494 e. The summed E-state index contributed by atoms with van der Waals surface area (Å²) in [4.78, 5) is 17.8. The summed E-state index contributed by atoms with van der Waals surface area (Å²) in [5, 5.41) is 6.93. The number of nitrogens with zero attached hydrogens (tertiary/aromatic N) is 4. The van der Waals surface area contributed by atoms with E-state index in [9.17, 15) is 0 Å². The molecular weight excluding hydrogens is 484 g/mol. The number of guanidine groups is 1. The predicted octanol–water partition coefficient (Wildman–Crippen LogP) is 5.14. The van der Waals surface area contributed by atoms with Gasteiger partial charge >= 0.3 is 0 Å². The lowest BCUT2D eigenvalue weighted by Gasteiger charge is -2.32. The van der Waals surface area contributed by atoms with Crippen molar-refractivity contribution in [2.75, 3.05) is 62.6 Å². The molecule has 5 rings (SSSR count). The van der Waals surface area contributed by atoms with Gasteiger partial charge < -0.3 is 29.6 Å². The van der Waals surface area contributed by atoms with Crippen LogP contribution < -0.4 is 19.9 Å². The molecule has 194 valence electrons. The summed E-state index contributed by atoms with van der Waals surface area (Å²) in [6, 6.07) is 12.5. The number of nitrogens with one attached hydrogen (secondary N) is 2. The highest BCUT2D eigenvalue weighted by molar-refractivity contribution is 8.03. The van der Waals surface area contributed by atoms with Crippen molar-refractivity contribution in [3.63, 3.8) is 0 Å². The molecule has 0 saturated carbocycles. The summed E-state index contributed by atoms with van der Waals surface area (Å²) < 4.78 is 11.5. The fourth-order valence-electron chi connectivity index (χ4n) is 4.67. The third-order valence-corrected chi connectivity index (χ3v) is 7.76. The minimum absolute atomic E-state index is 0.283. The van der Waals surface area contributed by atoms with Gasteiger partial charge in [-0.1, -0.05) is 18.2 Å². The third-order valence-electron chi connectivity index (χ3n) is 6.81. The molecule has 9 heteroatoms. The quantitative estimate of drug-likeness (QED) is 0.348. The van der Waals surface area contributed by atoms with Crippen molar-refractivity contribution in [3.8, 4) is 5.75 Å². The molecule has 1 saturated heterocycles.